The predicted octanol–water partition coefficient (Wildman–Crippen LogP) is 13.9. The molecule has 0 saturated heterocycles. The van der Waals surface area contributed by atoms with Gasteiger partial charge in [-0.15, -0.1) is 0 Å². The van der Waals surface area contributed by atoms with Crippen LogP contribution in [0.25, 0.3) is 71.3 Å². The van der Waals surface area contributed by atoms with E-state index in [1.54, 1.807) is 0 Å². The van der Waals surface area contributed by atoms with Crippen molar-refractivity contribution in [3.8, 4) is 27.9 Å². The zero-order valence-electron chi connectivity index (χ0n) is 29.4. The quantitative estimate of drug-likeness (QED) is 0.179. The zero-order chi connectivity index (χ0) is 34.4. The molecular formula is C49H38N2. The van der Waals surface area contributed by atoms with Crippen LogP contribution in [-0.4, -0.2) is 4.57 Å². The molecule has 1 heterocycles. The van der Waals surface area contributed by atoms with E-state index in [-0.39, 0.29) is 0 Å². The van der Waals surface area contributed by atoms with E-state index in [0.717, 1.165) is 0 Å². The summed E-state index contributed by atoms with van der Waals surface area (Å²) in [6, 6.07) is 56.6. The molecule has 8 aromatic carbocycles. The lowest BCUT2D eigenvalue weighted by Crippen LogP contribution is -2.13. The maximum Gasteiger partial charge on any atom is 0.0541 e. The molecule has 0 fully saturated rings. The van der Waals surface area contributed by atoms with E-state index in [4.69, 9.17) is 0 Å². The van der Waals surface area contributed by atoms with Crippen LogP contribution in [0.15, 0.2) is 152 Å². The van der Waals surface area contributed by atoms with Crippen molar-refractivity contribution in [3.05, 3.63) is 168 Å². The Morgan fingerprint density at radius 2 is 1.00 bits per heavy atom. The highest BCUT2D eigenvalue weighted by Crippen LogP contribution is 2.51. The first-order chi connectivity index (χ1) is 24.9. The van der Waals surface area contributed by atoms with Gasteiger partial charge in [-0.1, -0.05) is 92.7 Å². The van der Waals surface area contributed by atoms with E-state index >= 15 is 0 Å². The minimum Gasteiger partial charge on any atom is -0.310 e. The molecule has 0 radical (unpaired) electrons. The largest absolute Gasteiger partial charge is 0.310 e. The van der Waals surface area contributed by atoms with Gasteiger partial charge in [0.2, 0.25) is 0 Å². The van der Waals surface area contributed by atoms with Crippen molar-refractivity contribution in [2.24, 2.45) is 0 Å². The molecule has 1 aromatic heterocycles. The van der Waals surface area contributed by atoms with Crippen molar-refractivity contribution >= 4 is 60.4 Å². The van der Waals surface area contributed by atoms with Crippen LogP contribution < -0.4 is 4.90 Å². The van der Waals surface area contributed by atoms with Gasteiger partial charge in [0.15, 0.2) is 0 Å². The molecule has 2 nitrogen and oxygen atoms in total. The second kappa shape index (κ2) is 11.2. The molecule has 9 aromatic rings. The Hall–Kier alpha value is -6.12. The standard InChI is InChI=1S/C49H38N2/c1-30(2)33-18-17-32(4)49(29-33)50(46-14-8-5-11-31(46)3)38-21-19-34-25-42-44(27-36(34)23-38)43-26-35-20-22-39(24-37(35)28-45(42)43)51-47-15-9-6-12-40(47)41-13-7-10-16-48(41)51/h5-30H,1-4H3. The lowest BCUT2D eigenvalue weighted by Gasteiger charge is -2.30. The number of nitrogens with zero attached hydrogens (tertiary/aromatic N) is 2. The number of hydrogen-bond donors (Lipinski definition) is 0. The summed E-state index contributed by atoms with van der Waals surface area (Å²) >= 11 is 0. The van der Waals surface area contributed by atoms with Gasteiger partial charge in [-0.3, -0.25) is 0 Å². The van der Waals surface area contributed by atoms with Crippen molar-refractivity contribution in [2.45, 2.75) is 33.6 Å². The first-order valence-corrected chi connectivity index (χ1v) is 18.0. The number of para-hydroxylation sites is 3. The number of aryl methyl sites for hydroxylation is 2. The van der Waals surface area contributed by atoms with Crippen molar-refractivity contribution in [1.29, 1.82) is 0 Å². The summed E-state index contributed by atoms with van der Waals surface area (Å²) < 4.78 is 2.41. The predicted molar refractivity (Wildman–Crippen MR) is 218 cm³/mol. The molecule has 2 heteroatoms. The van der Waals surface area contributed by atoms with E-state index in [1.165, 1.54) is 105 Å². The third kappa shape index (κ3) is 4.56. The molecule has 0 bridgehead atoms. The SMILES string of the molecule is Cc1ccccc1N(c1ccc2cc3c(cc2c1)-c1cc2ccc(-n4c5ccccc5c5ccccc54)cc2cc1-3)c1cc(C(C)C)ccc1C. The van der Waals surface area contributed by atoms with Gasteiger partial charge in [0, 0.05) is 33.5 Å². The van der Waals surface area contributed by atoms with Crippen LogP contribution in [0.2, 0.25) is 0 Å². The van der Waals surface area contributed by atoms with Crippen molar-refractivity contribution in [2.75, 3.05) is 4.90 Å². The second-order valence-electron chi connectivity index (χ2n) is 14.6. The van der Waals surface area contributed by atoms with Crippen LogP contribution >= 0.6 is 0 Å². The van der Waals surface area contributed by atoms with Gasteiger partial charge in [-0.25, -0.2) is 0 Å². The first kappa shape index (κ1) is 29.8. The molecule has 51 heavy (non-hydrogen) atoms. The first-order valence-electron chi connectivity index (χ1n) is 18.0. The number of fused-ring (bicyclic) bond motifs is 9. The molecule has 0 aliphatic heterocycles. The Balaban J connectivity index is 1.08. The molecule has 10 rings (SSSR count). The summed E-state index contributed by atoms with van der Waals surface area (Å²) in [6.45, 7) is 8.97. The Kier molecular flexibility index (Phi) is 6.54. The maximum atomic E-state index is 2.45. The molecule has 0 saturated carbocycles. The fraction of sp³-hybridized carbons (Fsp3) is 0.102. The Morgan fingerprint density at radius 3 is 1.65 bits per heavy atom. The average molecular weight is 655 g/mol. The van der Waals surface area contributed by atoms with Crippen molar-refractivity contribution in [1.82, 2.24) is 4.57 Å². The number of hydrogen-bond acceptors (Lipinski definition) is 1. The summed E-state index contributed by atoms with van der Waals surface area (Å²) in [7, 11) is 0. The van der Waals surface area contributed by atoms with Gasteiger partial charge in [0.1, 0.15) is 0 Å². The number of rotatable bonds is 5. The molecule has 0 amide bonds. The fourth-order valence-corrected chi connectivity index (χ4v) is 8.33. The van der Waals surface area contributed by atoms with E-state index in [1.807, 2.05) is 0 Å². The fourth-order valence-electron chi connectivity index (χ4n) is 8.33. The monoisotopic (exact) mass is 654 g/mol. The van der Waals surface area contributed by atoms with Crippen molar-refractivity contribution < 1.29 is 0 Å². The summed E-state index contributed by atoms with van der Waals surface area (Å²) in [6.07, 6.45) is 0. The van der Waals surface area contributed by atoms with Crippen LogP contribution in [0, 0.1) is 13.8 Å². The second-order valence-corrected chi connectivity index (χ2v) is 14.6. The molecule has 0 N–H and O–H groups in total. The van der Waals surface area contributed by atoms with E-state index in [9.17, 15) is 0 Å². The van der Waals surface area contributed by atoms with Crippen LogP contribution in [0.1, 0.15) is 36.5 Å². The van der Waals surface area contributed by atoms with Crippen LogP contribution in [0.5, 0.6) is 0 Å². The van der Waals surface area contributed by atoms with Gasteiger partial charge < -0.3 is 9.47 Å². The Morgan fingerprint density at radius 1 is 0.451 bits per heavy atom. The van der Waals surface area contributed by atoms with Gasteiger partial charge in [0.25, 0.3) is 0 Å². The Bertz CT molecular complexity index is 2820. The van der Waals surface area contributed by atoms with Gasteiger partial charge in [-0.05, 0) is 153 Å². The minimum atomic E-state index is 0.454. The molecule has 1 aliphatic rings. The lowest BCUT2D eigenvalue weighted by atomic mass is 9.78. The van der Waals surface area contributed by atoms with Crippen LogP contribution in [-0.2, 0) is 0 Å². The molecule has 0 unspecified atom stereocenters. The van der Waals surface area contributed by atoms with Crippen LogP contribution in [0.4, 0.5) is 17.1 Å². The maximum absolute atomic E-state index is 2.45. The third-order valence-corrected chi connectivity index (χ3v) is 11.1. The van der Waals surface area contributed by atoms with Gasteiger partial charge >= 0.3 is 0 Å². The van der Waals surface area contributed by atoms with Crippen molar-refractivity contribution in [3.63, 3.8) is 0 Å². The normalized spacial score (nSPS) is 12.1. The van der Waals surface area contributed by atoms with E-state index < -0.39 is 0 Å². The smallest absolute Gasteiger partial charge is 0.0541 e. The number of anilines is 3. The number of aromatic nitrogens is 1. The third-order valence-electron chi connectivity index (χ3n) is 11.1. The molecule has 244 valence electrons. The van der Waals surface area contributed by atoms with E-state index in [2.05, 4.69) is 189 Å². The Labute approximate surface area is 298 Å². The summed E-state index contributed by atoms with van der Waals surface area (Å²) in [4.78, 5) is 2.45. The summed E-state index contributed by atoms with van der Waals surface area (Å²) in [5.74, 6) is 0.454. The highest BCUT2D eigenvalue weighted by molar-refractivity contribution is 6.13. The van der Waals surface area contributed by atoms with E-state index in [0.29, 0.717) is 5.92 Å². The van der Waals surface area contributed by atoms with Gasteiger partial charge in [0.05, 0.1) is 11.0 Å². The summed E-state index contributed by atoms with van der Waals surface area (Å²) in [5.41, 5.74) is 16.5. The summed E-state index contributed by atoms with van der Waals surface area (Å²) in [5, 5.41) is 7.63. The topological polar surface area (TPSA) is 8.17 Å². The number of benzene rings is 8. The molecule has 0 spiro atoms. The highest BCUT2D eigenvalue weighted by Gasteiger charge is 2.25. The molecule has 0 atom stereocenters. The molecular weight excluding hydrogens is 617 g/mol. The molecule has 1 aliphatic carbocycles. The van der Waals surface area contributed by atoms with Gasteiger partial charge in [-0.2, -0.15) is 0 Å². The zero-order valence-corrected chi connectivity index (χ0v) is 29.4. The minimum absolute atomic E-state index is 0.454. The average Bonchev–Trinajstić information content (AvgIpc) is 3.49. The lowest BCUT2D eigenvalue weighted by molar-refractivity contribution is 0.865. The highest BCUT2D eigenvalue weighted by atomic mass is 15.1. The van der Waals surface area contributed by atoms with Crippen LogP contribution in [0.3, 0.4) is 0 Å².